The lowest BCUT2D eigenvalue weighted by Gasteiger charge is -2.16. The lowest BCUT2D eigenvalue weighted by Crippen LogP contribution is -2.26. The summed E-state index contributed by atoms with van der Waals surface area (Å²) in [6.45, 7) is 3.16. The van der Waals surface area contributed by atoms with E-state index in [0.29, 0.717) is 36.7 Å². The van der Waals surface area contributed by atoms with E-state index in [0.717, 1.165) is 0 Å². The monoisotopic (exact) mass is 268 g/mol. The molecule has 2 rings (SSSR count). The maximum absolute atomic E-state index is 11.9. The maximum Gasteiger partial charge on any atom is 0.341 e. The molecular weight excluding hydrogens is 252 g/mol. The van der Waals surface area contributed by atoms with Crippen molar-refractivity contribution in [3.63, 3.8) is 0 Å². The molecule has 5 nitrogen and oxygen atoms in total. The molecular formula is C12H16N2O3S. The van der Waals surface area contributed by atoms with Gasteiger partial charge in [0, 0.05) is 13.0 Å². The molecule has 1 aliphatic rings. The molecule has 2 N–H and O–H groups in total. The summed E-state index contributed by atoms with van der Waals surface area (Å²) in [5.74, 6) is -0.175. The van der Waals surface area contributed by atoms with Crippen LogP contribution in [0.2, 0.25) is 0 Å². The second-order valence-corrected chi connectivity index (χ2v) is 5.06. The van der Waals surface area contributed by atoms with Gasteiger partial charge in [-0.1, -0.05) is 0 Å². The normalized spacial score (nSPS) is 19.3. The van der Waals surface area contributed by atoms with Gasteiger partial charge in [0.1, 0.15) is 5.00 Å². The molecule has 1 atom stereocenters. The first-order valence-electron chi connectivity index (χ1n) is 5.92. The minimum atomic E-state index is -0.377. The minimum absolute atomic E-state index is 0.0263. The van der Waals surface area contributed by atoms with Crippen molar-refractivity contribution in [2.24, 2.45) is 11.7 Å². The predicted octanol–water partition coefficient (Wildman–Crippen LogP) is 1.24. The summed E-state index contributed by atoms with van der Waals surface area (Å²) in [6, 6.07) is 1.70. The number of amides is 1. The lowest BCUT2D eigenvalue weighted by molar-refractivity contribution is -0.117. The standard InChI is InChI=1S/C12H16N2O3S/c1-2-17-12(16)9-3-4-18-11(9)14-7-8(6-13)5-10(14)15/h3-4,8H,2,5-7,13H2,1H3. The number of esters is 1. The van der Waals surface area contributed by atoms with E-state index in [2.05, 4.69) is 0 Å². The fraction of sp³-hybridized carbons (Fsp3) is 0.500. The van der Waals surface area contributed by atoms with Gasteiger partial charge in [0.25, 0.3) is 0 Å². The Labute approximate surface area is 110 Å². The van der Waals surface area contributed by atoms with Crippen LogP contribution in [0.25, 0.3) is 0 Å². The van der Waals surface area contributed by atoms with Crippen molar-refractivity contribution >= 4 is 28.2 Å². The molecule has 1 amide bonds. The zero-order valence-corrected chi connectivity index (χ0v) is 11.0. The van der Waals surface area contributed by atoms with E-state index < -0.39 is 0 Å². The Morgan fingerprint density at radius 3 is 3.06 bits per heavy atom. The SMILES string of the molecule is CCOC(=O)c1ccsc1N1CC(CN)CC1=O. The lowest BCUT2D eigenvalue weighted by atomic mass is 10.1. The van der Waals surface area contributed by atoms with Crippen LogP contribution in [0, 0.1) is 5.92 Å². The van der Waals surface area contributed by atoms with E-state index >= 15 is 0 Å². The summed E-state index contributed by atoms with van der Waals surface area (Å²) in [7, 11) is 0. The molecule has 18 heavy (non-hydrogen) atoms. The fourth-order valence-electron chi connectivity index (χ4n) is 2.01. The Balaban J connectivity index is 2.21. The number of nitrogens with zero attached hydrogens (tertiary/aromatic N) is 1. The number of ether oxygens (including phenoxy) is 1. The van der Waals surface area contributed by atoms with Crippen molar-refractivity contribution in [3.05, 3.63) is 17.0 Å². The highest BCUT2D eigenvalue weighted by atomic mass is 32.1. The number of nitrogens with two attached hydrogens (primary N) is 1. The molecule has 6 heteroatoms. The average molecular weight is 268 g/mol. The summed E-state index contributed by atoms with van der Waals surface area (Å²) in [4.78, 5) is 25.3. The fourth-order valence-corrected chi connectivity index (χ4v) is 2.93. The Hall–Kier alpha value is -1.40. The van der Waals surface area contributed by atoms with Crippen molar-refractivity contribution in [2.75, 3.05) is 24.6 Å². The quantitative estimate of drug-likeness (QED) is 0.834. The van der Waals surface area contributed by atoms with Crippen LogP contribution in [0.1, 0.15) is 23.7 Å². The molecule has 0 aromatic carbocycles. The number of rotatable bonds is 4. The summed E-state index contributed by atoms with van der Waals surface area (Å²) in [5.41, 5.74) is 6.06. The summed E-state index contributed by atoms with van der Waals surface area (Å²) in [6.07, 6.45) is 0.455. The molecule has 1 aliphatic heterocycles. The zero-order valence-electron chi connectivity index (χ0n) is 10.2. The van der Waals surface area contributed by atoms with Gasteiger partial charge >= 0.3 is 5.97 Å². The highest BCUT2D eigenvalue weighted by Gasteiger charge is 2.32. The Morgan fingerprint density at radius 2 is 2.44 bits per heavy atom. The van der Waals surface area contributed by atoms with Gasteiger partial charge in [0.2, 0.25) is 5.91 Å². The third-order valence-corrected chi connectivity index (χ3v) is 3.86. The van der Waals surface area contributed by atoms with Gasteiger partial charge in [0.15, 0.2) is 0 Å². The Kier molecular flexibility index (Phi) is 3.98. The van der Waals surface area contributed by atoms with Gasteiger partial charge in [0.05, 0.1) is 12.2 Å². The van der Waals surface area contributed by atoms with Crippen LogP contribution in [-0.2, 0) is 9.53 Å². The van der Waals surface area contributed by atoms with Crippen LogP contribution >= 0.6 is 11.3 Å². The van der Waals surface area contributed by atoms with Crippen LogP contribution in [-0.4, -0.2) is 31.6 Å². The molecule has 1 saturated heterocycles. The molecule has 98 valence electrons. The number of carbonyl (C=O) groups is 2. The summed E-state index contributed by atoms with van der Waals surface area (Å²) < 4.78 is 4.98. The van der Waals surface area contributed by atoms with Gasteiger partial charge in [-0.05, 0) is 30.8 Å². The topological polar surface area (TPSA) is 72.6 Å². The largest absolute Gasteiger partial charge is 0.462 e. The molecule has 1 unspecified atom stereocenters. The molecule has 0 bridgehead atoms. The second kappa shape index (κ2) is 5.49. The van der Waals surface area contributed by atoms with E-state index in [9.17, 15) is 9.59 Å². The van der Waals surface area contributed by atoms with Gasteiger partial charge in [-0.15, -0.1) is 11.3 Å². The van der Waals surface area contributed by atoms with Crippen LogP contribution in [0.15, 0.2) is 11.4 Å². The molecule has 1 aromatic heterocycles. The second-order valence-electron chi connectivity index (χ2n) is 4.17. The van der Waals surface area contributed by atoms with Crippen molar-refractivity contribution in [1.82, 2.24) is 0 Å². The Bertz CT molecular complexity index is 458. The summed E-state index contributed by atoms with van der Waals surface area (Å²) >= 11 is 1.38. The van der Waals surface area contributed by atoms with Gasteiger partial charge in [-0.2, -0.15) is 0 Å². The highest BCUT2D eigenvalue weighted by Crippen LogP contribution is 2.33. The number of hydrogen-bond donors (Lipinski definition) is 1. The van der Waals surface area contributed by atoms with Crippen LogP contribution in [0.3, 0.4) is 0 Å². The molecule has 0 radical (unpaired) electrons. The van der Waals surface area contributed by atoms with Crippen molar-refractivity contribution < 1.29 is 14.3 Å². The third kappa shape index (κ3) is 2.39. The first-order valence-corrected chi connectivity index (χ1v) is 6.80. The Morgan fingerprint density at radius 1 is 1.67 bits per heavy atom. The van der Waals surface area contributed by atoms with Gasteiger partial charge < -0.3 is 15.4 Å². The first-order chi connectivity index (χ1) is 8.67. The van der Waals surface area contributed by atoms with Crippen LogP contribution < -0.4 is 10.6 Å². The van der Waals surface area contributed by atoms with Crippen LogP contribution in [0.4, 0.5) is 5.00 Å². The number of thiophene rings is 1. The van der Waals surface area contributed by atoms with E-state index in [-0.39, 0.29) is 17.8 Å². The summed E-state index contributed by atoms with van der Waals surface area (Å²) in [5, 5.41) is 2.47. The van der Waals surface area contributed by atoms with E-state index in [1.807, 2.05) is 0 Å². The number of hydrogen-bond acceptors (Lipinski definition) is 5. The van der Waals surface area contributed by atoms with Crippen LogP contribution in [0.5, 0.6) is 0 Å². The van der Waals surface area contributed by atoms with E-state index in [1.165, 1.54) is 11.3 Å². The molecule has 2 heterocycles. The first kappa shape index (κ1) is 13.0. The molecule has 0 aliphatic carbocycles. The van der Waals surface area contributed by atoms with E-state index in [4.69, 9.17) is 10.5 Å². The molecule has 1 fully saturated rings. The maximum atomic E-state index is 11.9. The molecule has 0 saturated carbocycles. The molecule has 1 aromatic rings. The highest BCUT2D eigenvalue weighted by molar-refractivity contribution is 7.14. The predicted molar refractivity (Wildman–Crippen MR) is 69.8 cm³/mol. The number of carbonyl (C=O) groups excluding carboxylic acids is 2. The van der Waals surface area contributed by atoms with Crippen molar-refractivity contribution in [2.45, 2.75) is 13.3 Å². The smallest absolute Gasteiger partial charge is 0.341 e. The van der Waals surface area contributed by atoms with Crippen molar-refractivity contribution in [1.29, 1.82) is 0 Å². The average Bonchev–Trinajstić information content (AvgIpc) is 2.94. The van der Waals surface area contributed by atoms with Gasteiger partial charge in [-0.25, -0.2) is 4.79 Å². The minimum Gasteiger partial charge on any atom is -0.462 e. The number of anilines is 1. The third-order valence-electron chi connectivity index (χ3n) is 2.92. The van der Waals surface area contributed by atoms with Crippen molar-refractivity contribution in [3.8, 4) is 0 Å². The zero-order chi connectivity index (χ0) is 13.1. The molecule has 0 spiro atoms. The van der Waals surface area contributed by atoms with Gasteiger partial charge in [-0.3, -0.25) is 4.79 Å². The van der Waals surface area contributed by atoms with E-state index in [1.54, 1.807) is 23.3 Å².